The van der Waals surface area contributed by atoms with Gasteiger partial charge in [0.2, 0.25) is 11.8 Å². The monoisotopic (exact) mass is 360 g/mol. The van der Waals surface area contributed by atoms with Crippen molar-refractivity contribution in [2.24, 2.45) is 0 Å². The lowest BCUT2D eigenvalue weighted by atomic mass is 10.1. The average molecular weight is 360 g/mol. The highest BCUT2D eigenvalue weighted by molar-refractivity contribution is 6.00. The van der Waals surface area contributed by atoms with Crippen LogP contribution < -0.4 is 20.7 Å². The quantitative estimate of drug-likeness (QED) is 0.742. The zero-order valence-electron chi connectivity index (χ0n) is 15.2. The second-order valence-electron chi connectivity index (χ2n) is 6.85. The second kappa shape index (κ2) is 7.33. The summed E-state index contributed by atoms with van der Waals surface area (Å²) in [6, 6.07) is 4.76. The Morgan fingerprint density at radius 1 is 1.35 bits per heavy atom. The number of hydrogen-bond donors (Lipinski definition) is 3. The Morgan fingerprint density at radius 2 is 2.12 bits per heavy atom. The second-order valence-corrected chi connectivity index (χ2v) is 6.85. The number of nitrogens with one attached hydrogen (secondary N) is 3. The molecule has 0 radical (unpaired) electrons. The van der Waals surface area contributed by atoms with E-state index in [1.165, 1.54) is 0 Å². The van der Waals surface area contributed by atoms with E-state index in [0.717, 1.165) is 6.54 Å². The molecule has 0 bridgehead atoms. The summed E-state index contributed by atoms with van der Waals surface area (Å²) in [5, 5.41) is 8.35. The summed E-state index contributed by atoms with van der Waals surface area (Å²) in [5.41, 5.74) is 1.06. The number of hydrogen-bond acceptors (Lipinski definition) is 5. The average Bonchev–Trinajstić information content (AvgIpc) is 2.57. The normalized spacial score (nSPS) is 22.9. The summed E-state index contributed by atoms with van der Waals surface area (Å²) >= 11 is 0. The summed E-state index contributed by atoms with van der Waals surface area (Å²) < 4.78 is 5.50. The van der Waals surface area contributed by atoms with Gasteiger partial charge in [-0.1, -0.05) is 0 Å². The van der Waals surface area contributed by atoms with Gasteiger partial charge in [-0.05, 0) is 39.0 Å². The van der Waals surface area contributed by atoms with Gasteiger partial charge in [0.25, 0.3) is 5.91 Å². The van der Waals surface area contributed by atoms with Gasteiger partial charge in [0.05, 0.1) is 18.2 Å². The molecule has 2 aliphatic heterocycles. The highest BCUT2D eigenvalue weighted by Gasteiger charge is 2.33. The molecule has 1 fully saturated rings. The number of amides is 3. The van der Waals surface area contributed by atoms with Crippen molar-refractivity contribution in [1.29, 1.82) is 0 Å². The van der Waals surface area contributed by atoms with E-state index in [-0.39, 0.29) is 30.2 Å². The van der Waals surface area contributed by atoms with Gasteiger partial charge in [0.1, 0.15) is 5.75 Å². The maximum atomic E-state index is 12.4. The third-order valence-corrected chi connectivity index (χ3v) is 4.61. The van der Waals surface area contributed by atoms with E-state index in [9.17, 15) is 14.4 Å². The number of nitrogens with zero attached hydrogens (tertiary/aromatic N) is 1. The molecule has 0 saturated carbocycles. The van der Waals surface area contributed by atoms with Crippen LogP contribution in [0.1, 0.15) is 27.2 Å². The molecule has 2 heterocycles. The van der Waals surface area contributed by atoms with Crippen LogP contribution in [0, 0.1) is 0 Å². The molecule has 3 amide bonds. The largest absolute Gasteiger partial charge is 0.479 e. The van der Waals surface area contributed by atoms with Crippen molar-refractivity contribution < 1.29 is 19.1 Å². The van der Waals surface area contributed by atoms with Crippen LogP contribution in [-0.2, 0) is 14.4 Å². The zero-order valence-corrected chi connectivity index (χ0v) is 15.2. The van der Waals surface area contributed by atoms with E-state index >= 15 is 0 Å². The van der Waals surface area contributed by atoms with Gasteiger partial charge in [-0.25, -0.2) is 0 Å². The summed E-state index contributed by atoms with van der Waals surface area (Å²) in [6.45, 7) is 7.01. The molecule has 140 valence electrons. The Balaban J connectivity index is 1.67. The Hall–Kier alpha value is -2.61. The molecule has 8 heteroatoms. The number of piperazine rings is 1. The first-order valence-electron chi connectivity index (χ1n) is 8.80. The van der Waals surface area contributed by atoms with Crippen molar-refractivity contribution in [2.45, 2.75) is 45.4 Å². The third-order valence-electron chi connectivity index (χ3n) is 4.61. The van der Waals surface area contributed by atoms with E-state index in [1.807, 2.05) is 18.7 Å². The molecule has 1 saturated heterocycles. The van der Waals surface area contributed by atoms with Crippen LogP contribution >= 0.6 is 0 Å². The van der Waals surface area contributed by atoms with Crippen molar-refractivity contribution in [3.8, 4) is 5.75 Å². The van der Waals surface area contributed by atoms with Gasteiger partial charge in [-0.3, -0.25) is 19.3 Å². The molecule has 1 aromatic carbocycles. The molecule has 3 N–H and O–H groups in total. The van der Waals surface area contributed by atoms with Crippen LogP contribution in [-0.4, -0.2) is 53.9 Å². The Bertz CT molecular complexity index is 734. The van der Waals surface area contributed by atoms with Crippen molar-refractivity contribution in [1.82, 2.24) is 10.2 Å². The van der Waals surface area contributed by atoms with Gasteiger partial charge < -0.3 is 20.7 Å². The molecule has 2 atom stereocenters. The number of fused-ring (bicyclic) bond motifs is 1. The molecular formula is C18H24N4O4. The first-order chi connectivity index (χ1) is 12.3. The number of carbonyl (C=O) groups is 3. The number of rotatable bonds is 4. The Morgan fingerprint density at radius 3 is 2.85 bits per heavy atom. The standard InChI is InChI=1S/C18H24N4O4/c1-10(2)22-7-6-19-18(25)14(22)9-16(23)20-12-4-5-15-13(8-12)21-17(24)11(3)26-15/h4-5,8,10-11,14H,6-7,9H2,1-3H3,(H,19,25)(H,20,23)(H,21,24)/t11-,14-/m1/s1. The van der Waals surface area contributed by atoms with Crippen LogP contribution in [0.25, 0.3) is 0 Å². The maximum Gasteiger partial charge on any atom is 0.265 e. The SMILES string of the molecule is CC(C)N1CCNC(=O)[C@H]1CC(=O)Nc1ccc2c(c1)NC(=O)[C@@H](C)O2. The van der Waals surface area contributed by atoms with Crippen molar-refractivity contribution in [3.05, 3.63) is 18.2 Å². The van der Waals surface area contributed by atoms with Crippen LogP contribution in [0.15, 0.2) is 18.2 Å². The number of anilines is 2. The lowest BCUT2D eigenvalue weighted by Crippen LogP contribution is -2.58. The van der Waals surface area contributed by atoms with Gasteiger partial charge in [0, 0.05) is 24.8 Å². The minimum atomic E-state index is -0.547. The fourth-order valence-electron chi connectivity index (χ4n) is 3.23. The molecule has 0 aromatic heterocycles. The first-order valence-corrected chi connectivity index (χ1v) is 8.80. The van der Waals surface area contributed by atoms with Gasteiger partial charge in [0.15, 0.2) is 6.10 Å². The summed E-state index contributed by atoms with van der Waals surface area (Å²) in [5.74, 6) is -0.0468. The molecular weight excluding hydrogens is 336 g/mol. The van der Waals surface area contributed by atoms with Crippen LogP contribution in [0.4, 0.5) is 11.4 Å². The van der Waals surface area contributed by atoms with E-state index in [4.69, 9.17) is 4.74 Å². The first kappa shape index (κ1) is 18.2. The van der Waals surface area contributed by atoms with Crippen LogP contribution in [0.3, 0.4) is 0 Å². The minimum Gasteiger partial charge on any atom is -0.479 e. The summed E-state index contributed by atoms with van der Waals surface area (Å²) in [6.07, 6.45) is -0.476. The predicted octanol–water partition coefficient (Wildman–Crippen LogP) is 0.943. The molecule has 0 spiro atoms. The fraction of sp³-hybridized carbons (Fsp3) is 0.500. The fourth-order valence-corrected chi connectivity index (χ4v) is 3.23. The molecule has 0 aliphatic carbocycles. The smallest absolute Gasteiger partial charge is 0.265 e. The number of ether oxygens (including phenoxy) is 1. The number of benzene rings is 1. The van der Waals surface area contributed by atoms with E-state index in [2.05, 4.69) is 16.0 Å². The molecule has 3 rings (SSSR count). The minimum absolute atomic E-state index is 0.0704. The predicted molar refractivity (Wildman–Crippen MR) is 97.0 cm³/mol. The van der Waals surface area contributed by atoms with Crippen molar-refractivity contribution >= 4 is 29.1 Å². The highest BCUT2D eigenvalue weighted by atomic mass is 16.5. The maximum absolute atomic E-state index is 12.4. The van der Waals surface area contributed by atoms with E-state index < -0.39 is 12.1 Å². The third kappa shape index (κ3) is 3.80. The lowest BCUT2D eigenvalue weighted by Gasteiger charge is -2.37. The highest BCUT2D eigenvalue weighted by Crippen LogP contribution is 2.32. The number of carbonyl (C=O) groups excluding carboxylic acids is 3. The lowest BCUT2D eigenvalue weighted by molar-refractivity contribution is -0.133. The molecule has 1 aromatic rings. The van der Waals surface area contributed by atoms with Gasteiger partial charge >= 0.3 is 0 Å². The van der Waals surface area contributed by atoms with Crippen LogP contribution in [0.2, 0.25) is 0 Å². The van der Waals surface area contributed by atoms with Crippen molar-refractivity contribution in [2.75, 3.05) is 23.7 Å². The molecule has 8 nitrogen and oxygen atoms in total. The van der Waals surface area contributed by atoms with E-state index in [0.29, 0.717) is 23.7 Å². The molecule has 0 unspecified atom stereocenters. The summed E-state index contributed by atoms with van der Waals surface area (Å²) in [7, 11) is 0. The van der Waals surface area contributed by atoms with Crippen molar-refractivity contribution in [3.63, 3.8) is 0 Å². The molecule has 2 aliphatic rings. The van der Waals surface area contributed by atoms with Gasteiger partial charge in [-0.15, -0.1) is 0 Å². The Labute approximate surface area is 152 Å². The van der Waals surface area contributed by atoms with E-state index in [1.54, 1.807) is 25.1 Å². The van der Waals surface area contributed by atoms with Crippen LogP contribution in [0.5, 0.6) is 5.75 Å². The molecule has 26 heavy (non-hydrogen) atoms. The summed E-state index contributed by atoms with van der Waals surface area (Å²) in [4.78, 5) is 38.3. The topological polar surface area (TPSA) is 99.8 Å². The van der Waals surface area contributed by atoms with Gasteiger partial charge in [-0.2, -0.15) is 0 Å². The zero-order chi connectivity index (χ0) is 18.8. The Kier molecular flexibility index (Phi) is 5.13.